The molecule has 7 heteroatoms. The number of hydrogen-bond donors (Lipinski definition) is 1. The Balaban J connectivity index is 1.48. The molecule has 2 heterocycles. The summed E-state index contributed by atoms with van der Waals surface area (Å²) in [5.74, 6) is 0.709. The normalized spacial score (nSPS) is 18.8. The van der Waals surface area contributed by atoms with Crippen LogP contribution < -0.4 is 10.9 Å². The second-order valence-corrected chi connectivity index (χ2v) is 8.98. The van der Waals surface area contributed by atoms with Gasteiger partial charge in [-0.05, 0) is 56.4 Å². The third kappa shape index (κ3) is 3.69. The average molecular weight is 450 g/mol. The number of carbonyl (C=O) groups is 1. The zero-order chi connectivity index (χ0) is 22.2. The lowest BCUT2D eigenvalue weighted by Crippen LogP contribution is -2.30. The molecule has 1 aliphatic rings. The van der Waals surface area contributed by atoms with Crippen LogP contribution in [0.5, 0.6) is 0 Å². The Bertz CT molecular complexity index is 1360. The van der Waals surface area contributed by atoms with Crippen molar-refractivity contribution in [2.75, 3.05) is 5.32 Å². The van der Waals surface area contributed by atoms with Crippen molar-refractivity contribution >= 4 is 45.0 Å². The maximum atomic E-state index is 13.5. The van der Waals surface area contributed by atoms with Gasteiger partial charge in [-0.1, -0.05) is 47.4 Å². The molecule has 6 nitrogen and oxygen atoms in total. The minimum Gasteiger partial charge on any atom is -0.360 e. The van der Waals surface area contributed by atoms with Gasteiger partial charge in [0.1, 0.15) is 16.7 Å². The van der Waals surface area contributed by atoms with Gasteiger partial charge in [0.2, 0.25) is 5.91 Å². The molecule has 0 spiro atoms. The highest BCUT2D eigenvalue weighted by molar-refractivity contribution is 6.37. The minimum absolute atomic E-state index is 0.00688. The average Bonchev–Trinajstić information content (AvgIpc) is 3.16. The Morgan fingerprint density at radius 1 is 1.16 bits per heavy atom. The highest BCUT2D eigenvalue weighted by Gasteiger charge is 2.29. The molecule has 5 rings (SSSR count). The van der Waals surface area contributed by atoms with Crippen molar-refractivity contribution in [3.05, 3.63) is 69.7 Å². The Morgan fingerprint density at radius 3 is 2.78 bits per heavy atom. The standard InChI is InChI=1S/C25H24ClN3O3/c1-15-22-24(28-32-15)23-19(26)11-6-12-20(23)29(25(22)31)18-10-5-7-16(13-18)14-21(30)27-17-8-3-2-4-9-17/h2-4,6,8-9,11-12,16,18H,5,7,10,13-14H2,1H3,(H,27,30)/t16-,18+/m1/s1. The van der Waals surface area contributed by atoms with Gasteiger partial charge in [0.05, 0.1) is 10.5 Å². The van der Waals surface area contributed by atoms with E-state index in [0.29, 0.717) is 28.1 Å². The molecule has 164 valence electrons. The second-order valence-electron chi connectivity index (χ2n) is 8.58. The van der Waals surface area contributed by atoms with Gasteiger partial charge in [-0.25, -0.2) is 0 Å². The first-order valence-electron chi connectivity index (χ1n) is 11.0. The molecular weight excluding hydrogens is 426 g/mol. The lowest BCUT2D eigenvalue weighted by Gasteiger charge is -2.31. The number of amides is 1. The number of anilines is 1. The largest absolute Gasteiger partial charge is 0.360 e. The van der Waals surface area contributed by atoms with E-state index in [4.69, 9.17) is 16.1 Å². The molecule has 1 saturated carbocycles. The molecule has 32 heavy (non-hydrogen) atoms. The fourth-order valence-electron chi connectivity index (χ4n) is 5.01. The van der Waals surface area contributed by atoms with E-state index in [2.05, 4.69) is 10.5 Å². The van der Waals surface area contributed by atoms with E-state index in [1.807, 2.05) is 47.0 Å². The third-order valence-electron chi connectivity index (χ3n) is 6.44. The monoisotopic (exact) mass is 449 g/mol. The topological polar surface area (TPSA) is 77.1 Å². The summed E-state index contributed by atoms with van der Waals surface area (Å²) in [5, 5.41) is 8.86. The van der Waals surface area contributed by atoms with Crippen molar-refractivity contribution in [3.63, 3.8) is 0 Å². The molecule has 2 aromatic carbocycles. The number of nitrogens with zero attached hydrogens (tertiary/aromatic N) is 2. The molecule has 2 aromatic heterocycles. The molecule has 0 bridgehead atoms. The fourth-order valence-corrected chi connectivity index (χ4v) is 5.27. The number of aryl methyl sites for hydroxylation is 1. The van der Waals surface area contributed by atoms with Gasteiger partial charge in [0.15, 0.2) is 0 Å². The zero-order valence-corrected chi connectivity index (χ0v) is 18.6. The Labute approximate surface area is 190 Å². The number of para-hydroxylation sites is 1. The number of aromatic nitrogens is 2. The molecule has 4 aromatic rings. The van der Waals surface area contributed by atoms with Gasteiger partial charge in [-0.3, -0.25) is 9.59 Å². The number of rotatable bonds is 4. The molecule has 0 saturated heterocycles. The van der Waals surface area contributed by atoms with E-state index in [-0.39, 0.29) is 23.4 Å². The van der Waals surface area contributed by atoms with Gasteiger partial charge in [-0.2, -0.15) is 0 Å². The summed E-state index contributed by atoms with van der Waals surface area (Å²) in [7, 11) is 0. The summed E-state index contributed by atoms with van der Waals surface area (Å²) in [6.45, 7) is 1.75. The van der Waals surface area contributed by atoms with E-state index >= 15 is 0 Å². The lowest BCUT2D eigenvalue weighted by atomic mass is 9.83. The van der Waals surface area contributed by atoms with E-state index in [1.165, 1.54) is 0 Å². The summed E-state index contributed by atoms with van der Waals surface area (Å²) in [5.41, 5.74) is 1.98. The SMILES string of the molecule is Cc1onc2c1c(=O)n([C@H]1CCC[C@@H](CC(=O)Nc3ccccc3)C1)c1cccc(Cl)c21. The number of fused-ring (bicyclic) bond motifs is 3. The van der Waals surface area contributed by atoms with Crippen molar-refractivity contribution in [1.82, 2.24) is 9.72 Å². The van der Waals surface area contributed by atoms with Crippen LogP contribution in [0.15, 0.2) is 57.8 Å². The van der Waals surface area contributed by atoms with Crippen LogP contribution in [0.4, 0.5) is 5.69 Å². The number of benzene rings is 2. The molecule has 0 radical (unpaired) electrons. The van der Waals surface area contributed by atoms with Crippen molar-refractivity contribution in [2.45, 2.75) is 45.1 Å². The van der Waals surface area contributed by atoms with Crippen LogP contribution in [0, 0.1) is 12.8 Å². The first kappa shape index (κ1) is 20.8. The quantitative estimate of drug-likeness (QED) is 0.423. The molecule has 2 atom stereocenters. The highest BCUT2D eigenvalue weighted by atomic mass is 35.5. The zero-order valence-electron chi connectivity index (χ0n) is 17.8. The maximum Gasteiger partial charge on any atom is 0.264 e. The minimum atomic E-state index is -0.104. The molecule has 1 N–H and O–H groups in total. The van der Waals surface area contributed by atoms with Gasteiger partial charge in [-0.15, -0.1) is 0 Å². The molecule has 0 aliphatic heterocycles. The van der Waals surface area contributed by atoms with Crippen LogP contribution in [0.1, 0.15) is 43.9 Å². The molecular formula is C25H24ClN3O3. The van der Waals surface area contributed by atoms with E-state index < -0.39 is 0 Å². The van der Waals surface area contributed by atoms with Crippen LogP contribution in [-0.4, -0.2) is 15.6 Å². The Morgan fingerprint density at radius 2 is 1.97 bits per heavy atom. The number of halogens is 1. The van der Waals surface area contributed by atoms with Gasteiger partial charge < -0.3 is 14.4 Å². The Hall–Kier alpha value is -3.12. The summed E-state index contributed by atoms with van der Waals surface area (Å²) < 4.78 is 7.21. The summed E-state index contributed by atoms with van der Waals surface area (Å²) in [4.78, 5) is 26.2. The van der Waals surface area contributed by atoms with Crippen LogP contribution in [0.3, 0.4) is 0 Å². The van der Waals surface area contributed by atoms with Crippen molar-refractivity contribution < 1.29 is 9.32 Å². The van der Waals surface area contributed by atoms with Crippen LogP contribution in [0.25, 0.3) is 21.8 Å². The third-order valence-corrected chi connectivity index (χ3v) is 6.75. The van der Waals surface area contributed by atoms with Gasteiger partial charge in [0, 0.05) is 23.5 Å². The molecule has 0 unspecified atom stereocenters. The predicted molar refractivity (Wildman–Crippen MR) is 126 cm³/mol. The molecule has 1 amide bonds. The first-order chi connectivity index (χ1) is 15.5. The van der Waals surface area contributed by atoms with Crippen molar-refractivity contribution in [1.29, 1.82) is 0 Å². The lowest BCUT2D eigenvalue weighted by molar-refractivity contribution is -0.117. The van der Waals surface area contributed by atoms with E-state index in [9.17, 15) is 9.59 Å². The molecule has 1 aliphatic carbocycles. The van der Waals surface area contributed by atoms with Crippen LogP contribution >= 0.6 is 11.6 Å². The maximum absolute atomic E-state index is 13.5. The fraction of sp³-hybridized carbons (Fsp3) is 0.320. The van der Waals surface area contributed by atoms with Crippen LogP contribution in [0.2, 0.25) is 5.02 Å². The molecule has 1 fully saturated rings. The summed E-state index contributed by atoms with van der Waals surface area (Å²) in [6, 6.07) is 15.1. The second kappa shape index (κ2) is 8.43. The number of nitrogens with one attached hydrogen (secondary N) is 1. The predicted octanol–water partition coefficient (Wildman–Crippen LogP) is 5.86. The van der Waals surface area contributed by atoms with Crippen molar-refractivity contribution in [3.8, 4) is 0 Å². The number of pyridine rings is 1. The van der Waals surface area contributed by atoms with Gasteiger partial charge in [0.25, 0.3) is 5.56 Å². The number of hydrogen-bond acceptors (Lipinski definition) is 4. The summed E-state index contributed by atoms with van der Waals surface area (Å²) in [6.07, 6.45) is 4.02. The van der Waals surface area contributed by atoms with Crippen LogP contribution in [-0.2, 0) is 4.79 Å². The smallest absolute Gasteiger partial charge is 0.264 e. The first-order valence-corrected chi connectivity index (χ1v) is 11.3. The van der Waals surface area contributed by atoms with E-state index in [1.54, 1.807) is 13.0 Å². The Kier molecular flexibility index (Phi) is 5.47. The highest BCUT2D eigenvalue weighted by Crippen LogP contribution is 2.38. The summed E-state index contributed by atoms with van der Waals surface area (Å²) >= 11 is 6.53. The van der Waals surface area contributed by atoms with Gasteiger partial charge >= 0.3 is 0 Å². The number of carbonyl (C=O) groups excluding carboxylic acids is 1. The van der Waals surface area contributed by atoms with Crippen molar-refractivity contribution in [2.24, 2.45) is 5.92 Å². The van der Waals surface area contributed by atoms with E-state index in [0.717, 1.165) is 42.3 Å².